The van der Waals surface area contributed by atoms with Gasteiger partial charge in [-0.2, -0.15) is 0 Å². The Balaban J connectivity index is 2.46. The Morgan fingerprint density at radius 1 is 1.30 bits per heavy atom. The van der Waals surface area contributed by atoms with E-state index in [1.165, 1.54) is 6.26 Å². The van der Waals surface area contributed by atoms with Crippen molar-refractivity contribution in [3.05, 3.63) is 42.2 Å². The van der Waals surface area contributed by atoms with Crippen LogP contribution in [0, 0.1) is 5.41 Å². The molecule has 0 heterocycles. The van der Waals surface area contributed by atoms with Crippen LogP contribution in [0.4, 0.5) is 0 Å². The quantitative estimate of drug-likeness (QED) is 0.663. The summed E-state index contributed by atoms with van der Waals surface area (Å²) in [7, 11) is 1.59. The number of methoxy groups -OCH3 is 1. The standard InChI is InChI=1S/C16H22O4/c1-16(2,3)15(18)20-11-5-6-14(17)12-7-9-13(19-4)10-8-12/h5,7-11,14,17H,6H2,1-4H3/b11-5-. The second-order valence-electron chi connectivity index (χ2n) is 5.55. The third-order valence-corrected chi connectivity index (χ3v) is 2.74. The molecule has 4 heteroatoms. The summed E-state index contributed by atoms with van der Waals surface area (Å²) < 4.78 is 10.0. The zero-order valence-electron chi connectivity index (χ0n) is 12.4. The highest BCUT2D eigenvalue weighted by atomic mass is 16.5. The van der Waals surface area contributed by atoms with Crippen LogP contribution in [0.3, 0.4) is 0 Å². The van der Waals surface area contributed by atoms with E-state index in [0.717, 1.165) is 11.3 Å². The van der Waals surface area contributed by atoms with Crippen molar-refractivity contribution in [2.24, 2.45) is 5.41 Å². The molecular formula is C16H22O4. The number of aliphatic hydroxyl groups excluding tert-OH is 1. The Morgan fingerprint density at radius 3 is 2.40 bits per heavy atom. The van der Waals surface area contributed by atoms with Crippen LogP contribution in [0.15, 0.2) is 36.6 Å². The topological polar surface area (TPSA) is 55.8 Å². The van der Waals surface area contributed by atoms with Crippen LogP contribution in [0.1, 0.15) is 38.9 Å². The average Bonchev–Trinajstić information content (AvgIpc) is 2.42. The van der Waals surface area contributed by atoms with Gasteiger partial charge in [-0.3, -0.25) is 4.79 Å². The van der Waals surface area contributed by atoms with Crippen molar-refractivity contribution in [3.63, 3.8) is 0 Å². The number of carbonyl (C=O) groups is 1. The third kappa shape index (κ3) is 5.05. The van der Waals surface area contributed by atoms with Crippen LogP contribution in [-0.4, -0.2) is 18.2 Å². The number of carbonyl (C=O) groups excluding carboxylic acids is 1. The van der Waals surface area contributed by atoms with Crippen LogP contribution in [0.25, 0.3) is 0 Å². The first-order valence-electron chi connectivity index (χ1n) is 6.52. The molecule has 4 nitrogen and oxygen atoms in total. The molecule has 0 aliphatic carbocycles. The Kier molecular flexibility index (Phi) is 5.77. The number of esters is 1. The van der Waals surface area contributed by atoms with E-state index in [1.54, 1.807) is 58.2 Å². The van der Waals surface area contributed by atoms with Gasteiger partial charge in [0.05, 0.1) is 24.9 Å². The average molecular weight is 278 g/mol. The fourth-order valence-electron chi connectivity index (χ4n) is 1.43. The molecule has 0 saturated heterocycles. The number of hydrogen-bond acceptors (Lipinski definition) is 4. The van der Waals surface area contributed by atoms with Gasteiger partial charge in [0.15, 0.2) is 0 Å². The molecule has 1 N–H and O–H groups in total. The summed E-state index contributed by atoms with van der Waals surface area (Å²) in [6, 6.07) is 7.20. The van der Waals surface area contributed by atoms with Crippen LogP contribution in [-0.2, 0) is 9.53 Å². The Hall–Kier alpha value is -1.81. The first-order chi connectivity index (χ1) is 9.34. The van der Waals surface area contributed by atoms with Crippen molar-refractivity contribution in [3.8, 4) is 5.75 Å². The Labute approximate surface area is 120 Å². The zero-order chi connectivity index (χ0) is 15.2. The van der Waals surface area contributed by atoms with E-state index in [-0.39, 0.29) is 5.97 Å². The molecule has 0 fully saturated rings. The van der Waals surface area contributed by atoms with Gasteiger partial charge >= 0.3 is 5.97 Å². The highest BCUT2D eigenvalue weighted by Gasteiger charge is 2.22. The van der Waals surface area contributed by atoms with Gasteiger partial charge in [0.2, 0.25) is 0 Å². The third-order valence-electron chi connectivity index (χ3n) is 2.74. The van der Waals surface area contributed by atoms with E-state index in [2.05, 4.69) is 0 Å². The van der Waals surface area contributed by atoms with Crippen molar-refractivity contribution in [2.45, 2.75) is 33.3 Å². The fourth-order valence-corrected chi connectivity index (χ4v) is 1.43. The van der Waals surface area contributed by atoms with Gasteiger partial charge < -0.3 is 14.6 Å². The highest BCUT2D eigenvalue weighted by molar-refractivity contribution is 5.75. The second-order valence-corrected chi connectivity index (χ2v) is 5.55. The van der Waals surface area contributed by atoms with Crippen LogP contribution in [0.5, 0.6) is 5.75 Å². The molecule has 20 heavy (non-hydrogen) atoms. The number of benzene rings is 1. The SMILES string of the molecule is COc1ccc(C(O)C/C=C\OC(=O)C(C)(C)C)cc1. The lowest BCUT2D eigenvalue weighted by atomic mass is 9.97. The van der Waals surface area contributed by atoms with Gasteiger partial charge in [-0.1, -0.05) is 12.1 Å². The predicted molar refractivity (Wildman–Crippen MR) is 77.3 cm³/mol. The smallest absolute Gasteiger partial charge is 0.316 e. The number of hydrogen-bond donors (Lipinski definition) is 1. The highest BCUT2D eigenvalue weighted by Crippen LogP contribution is 2.20. The van der Waals surface area contributed by atoms with Crippen LogP contribution >= 0.6 is 0 Å². The van der Waals surface area contributed by atoms with Crippen molar-refractivity contribution < 1.29 is 19.4 Å². The lowest BCUT2D eigenvalue weighted by Gasteiger charge is -2.14. The molecule has 1 rings (SSSR count). The van der Waals surface area contributed by atoms with Crippen LogP contribution < -0.4 is 4.74 Å². The zero-order valence-corrected chi connectivity index (χ0v) is 12.4. The van der Waals surface area contributed by atoms with E-state index in [9.17, 15) is 9.90 Å². The van der Waals surface area contributed by atoms with Gasteiger partial charge in [0.25, 0.3) is 0 Å². The number of aliphatic hydroxyl groups is 1. The van der Waals surface area contributed by atoms with E-state index >= 15 is 0 Å². The normalized spacial score (nSPS) is 13.2. The molecule has 0 spiro atoms. The molecule has 0 aliphatic heterocycles. The summed E-state index contributed by atoms with van der Waals surface area (Å²) in [5.74, 6) is 0.447. The van der Waals surface area contributed by atoms with Crippen molar-refractivity contribution >= 4 is 5.97 Å². The summed E-state index contributed by atoms with van der Waals surface area (Å²) in [6.45, 7) is 5.36. The Morgan fingerprint density at radius 2 is 1.90 bits per heavy atom. The van der Waals surface area contributed by atoms with Gasteiger partial charge in [0, 0.05) is 0 Å². The molecule has 110 valence electrons. The molecule has 1 aromatic carbocycles. The Bertz CT molecular complexity index is 454. The predicted octanol–water partition coefficient (Wildman–Crippen LogP) is 3.22. The minimum Gasteiger partial charge on any atom is -0.497 e. The minimum absolute atomic E-state index is 0.298. The van der Waals surface area contributed by atoms with Crippen molar-refractivity contribution in [2.75, 3.05) is 7.11 Å². The summed E-state index contributed by atoms with van der Waals surface area (Å²) in [5, 5.41) is 9.98. The van der Waals surface area contributed by atoms with Crippen molar-refractivity contribution in [1.29, 1.82) is 0 Å². The molecule has 0 radical (unpaired) electrons. The minimum atomic E-state index is -0.634. The lowest BCUT2D eigenvalue weighted by molar-refractivity contribution is -0.146. The van der Waals surface area contributed by atoms with Crippen molar-refractivity contribution in [1.82, 2.24) is 0 Å². The molecule has 1 aromatic rings. The molecule has 0 aromatic heterocycles. The van der Waals surface area contributed by atoms with E-state index in [1.807, 2.05) is 0 Å². The maximum atomic E-state index is 11.5. The maximum Gasteiger partial charge on any atom is 0.316 e. The summed E-state index contributed by atoms with van der Waals surface area (Å²) in [4.78, 5) is 11.5. The van der Waals surface area contributed by atoms with Gasteiger partial charge in [-0.05, 0) is 51.0 Å². The van der Waals surface area contributed by atoms with Crippen LogP contribution in [0.2, 0.25) is 0 Å². The summed E-state index contributed by atoms with van der Waals surface area (Å²) >= 11 is 0. The lowest BCUT2D eigenvalue weighted by Crippen LogP contribution is -2.20. The van der Waals surface area contributed by atoms with E-state index in [0.29, 0.717) is 6.42 Å². The summed E-state index contributed by atoms with van der Waals surface area (Å²) in [6.07, 6.45) is 2.72. The monoisotopic (exact) mass is 278 g/mol. The molecular weight excluding hydrogens is 256 g/mol. The van der Waals surface area contributed by atoms with Gasteiger partial charge in [-0.25, -0.2) is 0 Å². The largest absolute Gasteiger partial charge is 0.497 e. The fraction of sp³-hybridized carbons (Fsp3) is 0.438. The molecule has 0 amide bonds. The van der Waals surface area contributed by atoms with E-state index in [4.69, 9.17) is 9.47 Å². The van der Waals surface area contributed by atoms with E-state index < -0.39 is 11.5 Å². The molecule has 0 aliphatic rings. The van der Waals surface area contributed by atoms with Gasteiger partial charge in [-0.15, -0.1) is 0 Å². The number of rotatable bonds is 5. The molecule has 0 bridgehead atoms. The molecule has 1 atom stereocenters. The summed E-state index contributed by atoms with van der Waals surface area (Å²) in [5.41, 5.74) is 0.261. The first kappa shape index (κ1) is 16.2. The maximum absolute atomic E-state index is 11.5. The molecule has 0 saturated carbocycles. The first-order valence-corrected chi connectivity index (χ1v) is 6.52. The molecule has 1 unspecified atom stereocenters. The van der Waals surface area contributed by atoms with Gasteiger partial charge in [0.1, 0.15) is 5.75 Å². The number of ether oxygens (including phenoxy) is 2. The second kappa shape index (κ2) is 7.10.